The smallest absolute Gasteiger partial charge is 0.356 e. The molecule has 1 saturated heterocycles. The second kappa shape index (κ2) is 18.3. The van der Waals surface area contributed by atoms with Crippen LogP contribution in [0, 0.1) is 33.3 Å². The zero-order valence-corrected chi connectivity index (χ0v) is 35.9. The predicted octanol–water partition coefficient (Wildman–Crippen LogP) is 6.25. The van der Waals surface area contributed by atoms with Crippen molar-refractivity contribution in [2.24, 2.45) is 23.2 Å². The van der Waals surface area contributed by atoms with Crippen molar-refractivity contribution in [3.8, 4) is 0 Å². The topological polar surface area (TPSA) is 136 Å². The van der Waals surface area contributed by atoms with Gasteiger partial charge in [0.15, 0.2) is 9.76 Å². The van der Waals surface area contributed by atoms with Crippen molar-refractivity contribution in [2.45, 2.75) is 71.3 Å². The summed E-state index contributed by atoms with van der Waals surface area (Å²) in [7, 11) is -1.08. The molecule has 10 nitrogen and oxygen atoms in total. The molecule has 2 fully saturated rings. The Labute approximate surface area is 343 Å². The second-order valence-electron chi connectivity index (χ2n) is 16.3. The Morgan fingerprint density at radius 2 is 1.47 bits per heavy atom. The van der Waals surface area contributed by atoms with E-state index < -0.39 is 63.5 Å². The minimum atomic E-state index is -3.26. The molecule has 1 saturated carbocycles. The molecule has 1 N–H and O–H groups in total. The number of carbonyl (C=O) groups excluding carboxylic acids is 3. The zero-order chi connectivity index (χ0) is 41.6. The number of amides is 1. The molecule has 6 atom stereocenters. The van der Waals surface area contributed by atoms with Crippen molar-refractivity contribution in [3.05, 3.63) is 144 Å². The highest BCUT2D eigenvalue weighted by atomic mass is 31.2. The highest BCUT2D eigenvalue weighted by Crippen LogP contribution is 2.52. The van der Waals surface area contributed by atoms with Gasteiger partial charge in [-0.2, -0.15) is 0 Å². The Morgan fingerprint density at radius 3 is 1.95 bits per heavy atom. The van der Waals surface area contributed by atoms with Crippen LogP contribution in [0.2, 0.25) is 6.04 Å². The fourth-order valence-electron chi connectivity index (χ4n) is 8.50. The van der Waals surface area contributed by atoms with Gasteiger partial charge in [0.05, 0.1) is 29.1 Å². The van der Waals surface area contributed by atoms with Gasteiger partial charge in [-0.3, -0.25) is 19.7 Å². The molecule has 12 heteroatoms. The molecule has 1 aliphatic heterocycles. The summed E-state index contributed by atoms with van der Waals surface area (Å²) in [5.74, 6) is -3.54. The number of non-ortho nitro benzene ring substituents is 1. The van der Waals surface area contributed by atoms with Gasteiger partial charge in [-0.25, -0.2) is 4.79 Å². The fourth-order valence-corrected chi connectivity index (χ4v) is 14.2. The van der Waals surface area contributed by atoms with E-state index in [0.29, 0.717) is 24.8 Å². The van der Waals surface area contributed by atoms with Gasteiger partial charge in [0.25, 0.3) is 5.69 Å². The van der Waals surface area contributed by atoms with Gasteiger partial charge >= 0.3 is 5.97 Å². The number of esters is 1. The van der Waals surface area contributed by atoms with Gasteiger partial charge in [-0.15, -0.1) is 0 Å². The van der Waals surface area contributed by atoms with Crippen LogP contribution in [0.15, 0.2) is 128 Å². The Kier molecular flexibility index (Phi) is 13.5. The number of rotatable bonds is 15. The van der Waals surface area contributed by atoms with E-state index in [-0.39, 0.29) is 34.8 Å². The van der Waals surface area contributed by atoms with Crippen LogP contribution in [0.1, 0.15) is 58.6 Å². The summed E-state index contributed by atoms with van der Waals surface area (Å²) >= 11 is 0. The maximum Gasteiger partial charge on any atom is 0.356 e. The molecule has 2 unspecified atom stereocenters. The van der Waals surface area contributed by atoms with E-state index in [1.54, 1.807) is 4.90 Å². The van der Waals surface area contributed by atoms with E-state index in [1.807, 2.05) is 97.9 Å². The third-order valence-electron chi connectivity index (χ3n) is 11.4. The van der Waals surface area contributed by atoms with Crippen LogP contribution < -0.4 is 15.9 Å². The second-order valence-corrected chi connectivity index (χ2v) is 20.9. The number of hydrogen-bond acceptors (Lipinski definition) is 8. The van der Waals surface area contributed by atoms with Gasteiger partial charge in [0.2, 0.25) is 5.91 Å². The minimum Gasteiger partial charge on any atom is -0.457 e. The highest BCUT2D eigenvalue weighted by molar-refractivity contribution is 7.96. The number of likely N-dealkylation sites (tertiary alicyclic amines) is 1. The normalized spacial score (nSPS) is 20.9. The first kappa shape index (κ1) is 42.7. The molecule has 1 aliphatic carbocycles. The molecule has 1 heterocycles. The Morgan fingerprint density at radius 1 is 0.931 bits per heavy atom. The summed E-state index contributed by atoms with van der Waals surface area (Å²) in [5, 5.41) is 25.6. The van der Waals surface area contributed by atoms with Crippen molar-refractivity contribution in [3.63, 3.8) is 0 Å². The van der Waals surface area contributed by atoms with Crippen LogP contribution >= 0.6 is 6.89 Å². The number of hydrogen-bond donors (Lipinski definition) is 1. The van der Waals surface area contributed by atoms with Gasteiger partial charge in [-0.1, -0.05) is 131 Å². The number of Topliss-reactive ketones (excluding diaryl/α,β-unsaturated/α-hetero) is 1. The molecule has 4 aromatic rings. The number of β-lactam (4-membered cyclic amide) rings is 1. The zero-order valence-electron chi connectivity index (χ0n) is 33.6. The average molecular weight is 821 g/mol. The number of nitro groups is 1. The van der Waals surface area contributed by atoms with Crippen LogP contribution in [0.4, 0.5) is 5.69 Å². The van der Waals surface area contributed by atoms with Gasteiger partial charge < -0.3 is 19.2 Å². The van der Waals surface area contributed by atoms with E-state index in [1.165, 1.54) is 30.3 Å². The lowest BCUT2D eigenvalue weighted by Gasteiger charge is -2.55. The largest absolute Gasteiger partial charge is 0.457 e. The van der Waals surface area contributed by atoms with Crippen molar-refractivity contribution < 1.29 is 33.6 Å². The Bertz CT molecular complexity index is 2060. The van der Waals surface area contributed by atoms with E-state index in [4.69, 9.17) is 9.16 Å². The quantitative estimate of drug-likeness (QED) is 0.0283. The molecule has 0 bridgehead atoms. The lowest BCUT2D eigenvalue weighted by atomic mass is 9.66. The number of nitrogens with zero attached hydrogens (tertiary/aromatic N) is 2. The summed E-state index contributed by atoms with van der Waals surface area (Å²) in [4.78, 5) is 57.7. The minimum absolute atomic E-state index is 0.0442. The first-order chi connectivity index (χ1) is 27.8. The monoisotopic (exact) mass is 820 g/mol. The van der Waals surface area contributed by atoms with Crippen molar-refractivity contribution in [1.29, 1.82) is 0 Å². The van der Waals surface area contributed by atoms with Crippen LogP contribution in [0.5, 0.6) is 0 Å². The van der Waals surface area contributed by atoms with Crippen LogP contribution in [0.25, 0.3) is 0 Å². The molecular formula is C46H53N2O8PSi. The predicted molar refractivity (Wildman–Crippen MR) is 233 cm³/mol. The van der Waals surface area contributed by atoms with Crippen LogP contribution in [-0.4, -0.2) is 66.5 Å². The lowest BCUT2D eigenvalue weighted by molar-refractivity contribution is -0.384. The summed E-state index contributed by atoms with van der Waals surface area (Å²) < 4.78 is 12.5. The summed E-state index contributed by atoms with van der Waals surface area (Å²) in [5.41, 5.74) is 0.500. The molecule has 6 rings (SSSR count). The molecule has 0 aromatic heterocycles. The summed E-state index contributed by atoms with van der Waals surface area (Å²) in [6, 6.07) is 34.9. The summed E-state index contributed by atoms with van der Waals surface area (Å²) in [6.45, 7) is 8.79. The number of aliphatic hydroxyl groups excluding tert-OH is 1. The molecular weight excluding hydrogens is 768 g/mol. The SMILES string of the molecule is C=CCOC(=O)C(N1C(=O)[C@H]([C@@H](C)O[SiH2]CC(C)(C)C)[C@H]1[C@H]1CCCC(C(O)c2ccc([N+](=O)[O-])cc2)C1=O)=P(c1ccccc1)(c1ccccc1)c1ccccc1. The molecule has 0 radical (unpaired) electrons. The molecule has 1 amide bonds. The van der Waals surface area contributed by atoms with Crippen LogP contribution in [-0.2, 0) is 23.5 Å². The standard InChI is InChI=1S/C46H53N2O8PSi/c1-6-29-55-45(52)44(57(34-17-10-7-11-18-34,35-19-12-8-13-20-35)36-21-14-9-15-22-36)47-40(39(43(47)51)31(2)56-58-30-46(3,4)5)37-23-16-24-38(42(37)50)41(49)32-25-27-33(28-26-32)48(53)54/h6-15,17-22,25-28,31,37-41,49H,1,16,23-24,29-30,58H2,2-5H3/t31-,37-,38?,39-,40-,41?/m1/s1. The number of benzene rings is 4. The van der Waals surface area contributed by atoms with Gasteiger partial charge in [-0.05, 0) is 64.8 Å². The average Bonchev–Trinajstić information content (AvgIpc) is 3.22. The Hall–Kier alpha value is -4.93. The first-order valence-electron chi connectivity index (χ1n) is 19.9. The third-order valence-corrected chi connectivity index (χ3v) is 18.1. The first-order valence-corrected chi connectivity index (χ1v) is 23.3. The number of ketones is 1. The number of nitro benzene ring substituents is 1. The number of carbonyl (C=O) groups is 3. The van der Waals surface area contributed by atoms with E-state index >= 15 is 9.59 Å². The third kappa shape index (κ3) is 8.59. The maximum atomic E-state index is 15.2. The van der Waals surface area contributed by atoms with E-state index in [0.717, 1.165) is 22.0 Å². The van der Waals surface area contributed by atoms with Crippen LogP contribution in [0.3, 0.4) is 0 Å². The molecule has 4 aromatic carbocycles. The number of aliphatic hydroxyl groups is 1. The van der Waals surface area contributed by atoms with Crippen molar-refractivity contribution in [2.75, 3.05) is 6.61 Å². The molecule has 304 valence electrons. The van der Waals surface area contributed by atoms with Gasteiger partial charge in [0, 0.05) is 30.9 Å². The number of ether oxygens (including phenoxy) is 1. The molecule has 2 aliphatic rings. The Balaban J connectivity index is 1.59. The molecule has 0 spiro atoms. The van der Waals surface area contributed by atoms with E-state index in [9.17, 15) is 20.0 Å². The molecule has 58 heavy (non-hydrogen) atoms. The fraction of sp³-hybridized carbons (Fsp3) is 0.348. The highest BCUT2D eigenvalue weighted by Gasteiger charge is 2.60. The summed E-state index contributed by atoms with van der Waals surface area (Å²) in [6.07, 6.45) is 1.14. The van der Waals surface area contributed by atoms with Crippen molar-refractivity contribution in [1.82, 2.24) is 4.90 Å². The van der Waals surface area contributed by atoms with Crippen molar-refractivity contribution >= 4 is 61.3 Å². The van der Waals surface area contributed by atoms with Gasteiger partial charge in [0.1, 0.15) is 17.8 Å². The van der Waals surface area contributed by atoms with E-state index in [2.05, 4.69) is 27.4 Å². The lowest BCUT2D eigenvalue weighted by Crippen LogP contribution is -2.72. The maximum absolute atomic E-state index is 15.2.